The molecule has 0 saturated carbocycles. The number of rotatable bonds is 6. The van der Waals surface area contributed by atoms with Gasteiger partial charge >= 0.3 is 0 Å². The maximum absolute atomic E-state index is 12.6. The second-order valence-corrected chi connectivity index (χ2v) is 6.74. The number of hydrogen-bond acceptors (Lipinski definition) is 6. The van der Waals surface area contributed by atoms with Gasteiger partial charge in [0.25, 0.3) is 0 Å². The normalized spacial score (nSPS) is 10.9. The van der Waals surface area contributed by atoms with Crippen molar-refractivity contribution in [3.05, 3.63) is 48.2 Å². The van der Waals surface area contributed by atoms with Gasteiger partial charge in [0.15, 0.2) is 11.5 Å². The van der Waals surface area contributed by atoms with Crippen LogP contribution < -0.4 is 14.8 Å². The zero-order valence-electron chi connectivity index (χ0n) is 17.1. The Morgan fingerprint density at radius 2 is 1.80 bits per heavy atom. The van der Waals surface area contributed by atoms with Crippen molar-refractivity contribution in [2.75, 3.05) is 26.6 Å². The zero-order valence-corrected chi connectivity index (χ0v) is 17.1. The van der Waals surface area contributed by atoms with Crippen molar-refractivity contribution in [1.82, 2.24) is 14.5 Å². The van der Waals surface area contributed by atoms with Crippen LogP contribution in [0.5, 0.6) is 17.2 Å². The monoisotopic (exact) mass is 406 g/mol. The molecule has 2 aromatic carbocycles. The van der Waals surface area contributed by atoms with Gasteiger partial charge in [-0.25, -0.2) is 4.98 Å². The fourth-order valence-corrected chi connectivity index (χ4v) is 3.60. The molecule has 0 bridgehead atoms. The summed E-state index contributed by atoms with van der Waals surface area (Å²) in [5.41, 5.74) is 2.72. The average molecular weight is 406 g/mol. The van der Waals surface area contributed by atoms with Gasteiger partial charge in [0.2, 0.25) is 0 Å². The van der Waals surface area contributed by atoms with Crippen LogP contribution in [0.2, 0.25) is 0 Å². The number of carbonyl (C=O) groups excluding carboxylic acids is 1. The fraction of sp³-hybridized carbons (Fsp3) is 0.182. The number of Topliss-reactive ketones (excluding diaryl/α,β-unsaturated/α-hetero) is 1. The van der Waals surface area contributed by atoms with E-state index in [2.05, 4.69) is 15.3 Å². The smallest absolute Gasteiger partial charge is 0.180 e. The summed E-state index contributed by atoms with van der Waals surface area (Å²) >= 11 is 0. The lowest BCUT2D eigenvalue weighted by molar-refractivity contribution is 0.100. The number of ether oxygens (including phenoxy) is 2. The summed E-state index contributed by atoms with van der Waals surface area (Å²) in [5, 5.41) is 14.2. The van der Waals surface area contributed by atoms with Crippen LogP contribution in [0, 0.1) is 0 Å². The van der Waals surface area contributed by atoms with Gasteiger partial charge in [-0.3, -0.25) is 9.36 Å². The highest BCUT2D eigenvalue weighted by Gasteiger charge is 2.29. The SMILES string of the molecule is CNc1c(-c2nc3ccccc3[nH]2)c(O)c(C(C)=O)n1-c1cc(OC)cc(OC)c1. The molecule has 30 heavy (non-hydrogen) atoms. The molecule has 154 valence electrons. The molecule has 2 heterocycles. The first-order valence-corrected chi connectivity index (χ1v) is 9.33. The van der Waals surface area contributed by atoms with Gasteiger partial charge in [-0.15, -0.1) is 0 Å². The summed E-state index contributed by atoms with van der Waals surface area (Å²) in [6.45, 7) is 1.41. The molecule has 0 amide bonds. The predicted octanol–water partition coefficient (Wildman–Crippen LogP) is 3.99. The van der Waals surface area contributed by atoms with Crippen molar-refractivity contribution in [1.29, 1.82) is 0 Å². The Morgan fingerprint density at radius 1 is 1.13 bits per heavy atom. The Morgan fingerprint density at radius 3 is 2.37 bits per heavy atom. The topological polar surface area (TPSA) is 101 Å². The molecule has 4 aromatic rings. The van der Waals surface area contributed by atoms with Gasteiger partial charge < -0.3 is 24.9 Å². The minimum atomic E-state index is -0.298. The number of carbonyl (C=O) groups is 1. The van der Waals surface area contributed by atoms with Crippen LogP contribution in [-0.2, 0) is 0 Å². The van der Waals surface area contributed by atoms with E-state index < -0.39 is 0 Å². The van der Waals surface area contributed by atoms with E-state index in [0.29, 0.717) is 34.4 Å². The summed E-state index contributed by atoms with van der Waals surface area (Å²) in [5.74, 6) is 1.61. The second kappa shape index (κ2) is 7.47. The Kier molecular flexibility index (Phi) is 4.83. The van der Waals surface area contributed by atoms with Gasteiger partial charge in [-0.2, -0.15) is 0 Å². The van der Waals surface area contributed by atoms with Crippen LogP contribution in [-0.4, -0.2) is 46.7 Å². The molecule has 2 aromatic heterocycles. The predicted molar refractivity (Wildman–Crippen MR) is 115 cm³/mol. The number of ketones is 1. The largest absolute Gasteiger partial charge is 0.505 e. The van der Waals surface area contributed by atoms with Crippen molar-refractivity contribution in [2.45, 2.75) is 6.92 Å². The van der Waals surface area contributed by atoms with Gasteiger partial charge in [-0.1, -0.05) is 12.1 Å². The van der Waals surface area contributed by atoms with E-state index >= 15 is 0 Å². The molecule has 8 nitrogen and oxygen atoms in total. The number of para-hydroxylation sites is 2. The first-order valence-electron chi connectivity index (χ1n) is 9.33. The number of aromatic nitrogens is 3. The molecule has 0 unspecified atom stereocenters. The number of H-pyrrole nitrogens is 1. The van der Waals surface area contributed by atoms with E-state index in [-0.39, 0.29) is 17.2 Å². The van der Waals surface area contributed by atoms with E-state index in [9.17, 15) is 9.90 Å². The molecule has 0 spiro atoms. The molecule has 0 radical (unpaired) electrons. The van der Waals surface area contributed by atoms with Crippen LogP contribution >= 0.6 is 0 Å². The number of aromatic hydroxyl groups is 1. The number of methoxy groups -OCH3 is 2. The van der Waals surface area contributed by atoms with Gasteiger partial charge in [0.1, 0.15) is 34.4 Å². The van der Waals surface area contributed by atoms with Crippen molar-refractivity contribution >= 4 is 22.6 Å². The average Bonchev–Trinajstić information content (AvgIpc) is 3.30. The zero-order chi connectivity index (χ0) is 21.4. The van der Waals surface area contributed by atoms with Crippen molar-refractivity contribution in [3.8, 4) is 34.3 Å². The van der Waals surface area contributed by atoms with Crippen LogP contribution in [0.25, 0.3) is 28.1 Å². The van der Waals surface area contributed by atoms with Crippen molar-refractivity contribution < 1.29 is 19.4 Å². The molecule has 0 aliphatic rings. The van der Waals surface area contributed by atoms with Crippen molar-refractivity contribution in [2.24, 2.45) is 0 Å². The molecule has 4 rings (SSSR count). The number of benzene rings is 2. The summed E-state index contributed by atoms with van der Waals surface area (Å²) in [4.78, 5) is 20.4. The number of imidazole rings is 1. The molecule has 0 aliphatic heterocycles. The summed E-state index contributed by atoms with van der Waals surface area (Å²) in [6, 6.07) is 12.8. The molecule has 3 N–H and O–H groups in total. The number of aromatic amines is 1. The number of fused-ring (bicyclic) bond motifs is 1. The molecular weight excluding hydrogens is 384 g/mol. The van der Waals surface area contributed by atoms with E-state index in [1.165, 1.54) is 6.92 Å². The minimum absolute atomic E-state index is 0.130. The van der Waals surface area contributed by atoms with Crippen LogP contribution in [0.1, 0.15) is 17.4 Å². The van der Waals surface area contributed by atoms with Gasteiger partial charge in [0.05, 0.1) is 30.9 Å². The second-order valence-electron chi connectivity index (χ2n) is 6.74. The molecule has 0 aliphatic carbocycles. The highest BCUT2D eigenvalue weighted by molar-refractivity contribution is 6.02. The molecule has 8 heteroatoms. The summed E-state index contributed by atoms with van der Waals surface area (Å²) in [7, 11) is 4.82. The number of nitrogens with one attached hydrogen (secondary N) is 2. The molecule has 0 atom stereocenters. The third-order valence-electron chi connectivity index (χ3n) is 4.94. The Labute approximate surface area is 173 Å². The highest BCUT2D eigenvalue weighted by atomic mass is 16.5. The van der Waals surface area contributed by atoms with Crippen LogP contribution in [0.4, 0.5) is 5.82 Å². The molecule has 0 fully saturated rings. The number of nitrogens with zero attached hydrogens (tertiary/aromatic N) is 2. The minimum Gasteiger partial charge on any atom is -0.505 e. The van der Waals surface area contributed by atoms with Gasteiger partial charge in [0, 0.05) is 32.2 Å². The van der Waals surface area contributed by atoms with E-state index in [1.54, 1.807) is 44.0 Å². The molecular formula is C22H22N4O4. The van der Waals surface area contributed by atoms with Crippen LogP contribution in [0.3, 0.4) is 0 Å². The summed E-state index contributed by atoms with van der Waals surface area (Å²) < 4.78 is 12.4. The summed E-state index contributed by atoms with van der Waals surface area (Å²) in [6.07, 6.45) is 0. The first kappa shape index (κ1) is 19.4. The maximum atomic E-state index is 12.6. The third-order valence-corrected chi connectivity index (χ3v) is 4.94. The van der Waals surface area contributed by atoms with Crippen molar-refractivity contribution in [3.63, 3.8) is 0 Å². The molecule has 0 saturated heterocycles. The Hall–Kier alpha value is -3.94. The van der Waals surface area contributed by atoms with Gasteiger partial charge in [-0.05, 0) is 12.1 Å². The number of anilines is 1. The fourth-order valence-electron chi connectivity index (χ4n) is 3.60. The third kappa shape index (κ3) is 3.02. The first-order chi connectivity index (χ1) is 14.5. The standard InChI is InChI=1S/C22H22N4O4/c1-12(27)19-20(28)18(21-24-16-7-5-6-8-17(16)25-21)22(23-2)26(19)13-9-14(29-3)11-15(10-13)30-4/h5-11,23,28H,1-4H3,(H,24,25). The Balaban J connectivity index is 2.04. The van der Waals surface area contributed by atoms with E-state index in [0.717, 1.165) is 11.0 Å². The highest BCUT2D eigenvalue weighted by Crippen LogP contribution is 2.43. The lowest BCUT2D eigenvalue weighted by Gasteiger charge is -2.15. The van der Waals surface area contributed by atoms with E-state index in [1.807, 2.05) is 24.3 Å². The maximum Gasteiger partial charge on any atom is 0.180 e. The lowest BCUT2D eigenvalue weighted by Crippen LogP contribution is -2.08. The van der Waals surface area contributed by atoms with Crippen LogP contribution in [0.15, 0.2) is 42.5 Å². The Bertz CT molecular complexity index is 1200. The number of hydrogen-bond donors (Lipinski definition) is 3. The quantitative estimate of drug-likeness (QED) is 0.419. The lowest BCUT2D eigenvalue weighted by atomic mass is 10.2. The van der Waals surface area contributed by atoms with E-state index in [4.69, 9.17) is 9.47 Å².